The second kappa shape index (κ2) is 9.51. The Balaban J connectivity index is 1.39. The van der Waals surface area contributed by atoms with Crippen LogP contribution in [0, 0.1) is 0 Å². The van der Waals surface area contributed by atoms with E-state index in [0.717, 1.165) is 24.2 Å². The van der Waals surface area contributed by atoms with E-state index >= 15 is 0 Å². The van der Waals surface area contributed by atoms with Crippen LogP contribution in [0.15, 0.2) is 0 Å². The molecule has 4 heteroatoms. The van der Waals surface area contributed by atoms with E-state index in [-0.39, 0.29) is 6.29 Å². The zero-order valence-electron chi connectivity index (χ0n) is 11.3. The first-order valence-electron chi connectivity index (χ1n) is 7.41. The lowest BCUT2D eigenvalue weighted by atomic mass is 10.2. The summed E-state index contributed by atoms with van der Waals surface area (Å²) in [7, 11) is 0. The van der Waals surface area contributed by atoms with Gasteiger partial charge in [0.2, 0.25) is 0 Å². The van der Waals surface area contributed by atoms with Crippen molar-refractivity contribution in [2.45, 2.75) is 62.2 Å². The molecule has 2 rings (SSSR count). The summed E-state index contributed by atoms with van der Waals surface area (Å²) < 4.78 is 12.2. The van der Waals surface area contributed by atoms with E-state index in [1.54, 1.807) is 0 Å². The van der Waals surface area contributed by atoms with Crippen molar-refractivity contribution in [2.75, 3.05) is 24.7 Å². The van der Waals surface area contributed by atoms with Crippen molar-refractivity contribution in [3.63, 3.8) is 0 Å². The average Bonchev–Trinajstić information content (AvgIpc) is 2.45. The Morgan fingerprint density at radius 3 is 2.67 bits per heavy atom. The highest BCUT2D eigenvalue weighted by Gasteiger charge is 2.14. The van der Waals surface area contributed by atoms with E-state index in [4.69, 9.17) is 9.47 Å². The van der Waals surface area contributed by atoms with Crippen molar-refractivity contribution >= 4 is 23.5 Å². The first-order valence-corrected chi connectivity index (χ1v) is 9.51. The molecule has 0 aromatic heterocycles. The zero-order chi connectivity index (χ0) is 12.5. The summed E-state index contributed by atoms with van der Waals surface area (Å²) in [6.07, 6.45) is 10.3. The minimum atomic E-state index is 0.100. The van der Waals surface area contributed by atoms with Crippen LogP contribution in [0.3, 0.4) is 0 Å². The summed E-state index contributed by atoms with van der Waals surface area (Å²) >= 11 is 4.32. The van der Waals surface area contributed by atoms with Crippen LogP contribution in [0.25, 0.3) is 0 Å². The summed E-state index contributed by atoms with van der Waals surface area (Å²) in [6, 6.07) is 0. The van der Waals surface area contributed by atoms with E-state index in [1.807, 2.05) is 0 Å². The molecule has 2 saturated heterocycles. The van der Waals surface area contributed by atoms with Gasteiger partial charge in [0.15, 0.2) is 6.29 Å². The van der Waals surface area contributed by atoms with Crippen molar-refractivity contribution in [2.24, 2.45) is 0 Å². The van der Waals surface area contributed by atoms with Gasteiger partial charge in [0.1, 0.15) is 0 Å². The van der Waals surface area contributed by atoms with Gasteiger partial charge in [-0.2, -0.15) is 0 Å². The molecule has 0 N–H and O–H groups in total. The maximum Gasteiger partial charge on any atom is 0.157 e. The smallest absolute Gasteiger partial charge is 0.157 e. The fourth-order valence-electron chi connectivity index (χ4n) is 2.35. The van der Waals surface area contributed by atoms with Gasteiger partial charge in [0, 0.05) is 13.2 Å². The van der Waals surface area contributed by atoms with Crippen molar-refractivity contribution in [3.8, 4) is 0 Å². The molecule has 18 heavy (non-hydrogen) atoms. The van der Waals surface area contributed by atoms with Gasteiger partial charge in [-0.25, -0.2) is 0 Å². The first-order chi connectivity index (χ1) is 8.95. The molecule has 2 fully saturated rings. The third-order valence-corrected chi connectivity index (χ3v) is 6.50. The lowest BCUT2D eigenvalue weighted by Crippen LogP contribution is -2.22. The Bertz CT molecular complexity index is 180. The molecule has 106 valence electrons. The molecule has 1 atom stereocenters. The number of thioether (sulfide) groups is 2. The summed E-state index contributed by atoms with van der Waals surface area (Å²) in [4.78, 5) is 0. The molecule has 2 aliphatic heterocycles. The highest BCUT2D eigenvalue weighted by molar-refractivity contribution is 8.17. The van der Waals surface area contributed by atoms with Gasteiger partial charge in [-0.05, 0) is 50.0 Å². The van der Waals surface area contributed by atoms with Crippen LogP contribution in [0.5, 0.6) is 0 Å². The first kappa shape index (κ1) is 15.0. The molecule has 0 aromatic rings. The molecule has 2 heterocycles. The fraction of sp³-hybridized carbons (Fsp3) is 1.00. The van der Waals surface area contributed by atoms with Crippen molar-refractivity contribution in [3.05, 3.63) is 0 Å². The highest BCUT2D eigenvalue weighted by atomic mass is 32.2. The number of ether oxygens (including phenoxy) is 2. The largest absolute Gasteiger partial charge is 0.353 e. The van der Waals surface area contributed by atoms with Crippen molar-refractivity contribution in [1.82, 2.24) is 0 Å². The molecule has 0 amide bonds. The van der Waals surface area contributed by atoms with Crippen molar-refractivity contribution < 1.29 is 9.47 Å². The van der Waals surface area contributed by atoms with Gasteiger partial charge in [0.05, 0.1) is 4.58 Å². The molecule has 0 aromatic carbocycles. The summed E-state index contributed by atoms with van der Waals surface area (Å²) in [5, 5.41) is 0. The lowest BCUT2D eigenvalue weighted by Gasteiger charge is -2.23. The molecule has 0 bridgehead atoms. The van der Waals surface area contributed by atoms with Crippen LogP contribution >= 0.6 is 23.5 Å². The minimum Gasteiger partial charge on any atom is -0.353 e. The standard InChI is InChI=1S/C14H26O2S2/c1(2-8-14-17-11-6-12-18-14)4-9-15-13-7-3-5-10-16-13/h13-14H,1-12H2. The van der Waals surface area contributed by atoms with Gasteiger partial charge in [-0.1, -0.05) is 12.8 Å². The minimum absolute atomic E-state index is 0.100. The number of hydrogen-bond acceptors (Lipinski definition) is 4. The number of rotatable bonds is 7. The van der Waals surface area contributed by atoms with Gasteiger partial charge in [0.25, 0.3) is 0 Å². The lowest BCUT2D eigenvalue weighted by molar-refractivity contribution is -0.162. The van der Waals surface area contributed by atoms with Gasteiger partial charge in [-0.3, -0.25) is 0 Å². The number of hydrogen-bond donors (Lipinski definition) is 0. The van der Waals surface area contributed by atoms with E-state index in [0.29, 0.717) is 0 Å². The molecule has 0 aliphatic carbocycles. The van der Waals surface area contributed by atoms with E-state index < -0.39 is 0 Å². The Morgan fingerprint density at radius 2 is 1.89 bits per heavy atom. The molecule has 2 aliphatic rings. The topological polar surface area (TPSA) is 18.5 Å². The molecular weight excluding hydrogens is 264 g/mol. The maximum atomic E-state index is 5.74. The molecule has 0 radical (unpaired) electrons. The maximum absolute atomic E-state index is 5.74. The van der Waals surface area contributed by atoms with Crippen LogP contribution in [0.2, 0.25) is 0 Å². The van der Waals surface area contributed by atoms with Crippen LogP contribution in [-0.2, 0) is 9.47 Å². The molecule has 1 unspecified atom stereocenters. The van der Waals surface area contributed by atoms with E-state index in [1.165, 1.54) is 56.5 Å². The quantitative estimate of drug-likeness (QED) is 0.651. The normalized spacial score (nSPS) is 26.3. The van der Waals surface area contributed by atoms with Crippen LogP contribution in [0.1, 0.15) is 51.4 Å². The zero-order valence-corrected chi connectivity index (χ0v) is 12.9. The van der Waals surface area contributed by atoms with E-state index in [2.05, 4.69) is 23.5 Å². The molecular formula is C14H26O2S2. The molecule has 0 saturated carbocycles. The summed E-state index contributed by atoms with van der Waals surface area (Å²) in [5.41, 5.74) is 0. The van der Waals surface area contributed by atoms with Crippen molar-refractivity contribution in [1.29, 1.82) is 0 Å². The monoisotopic (exact) mass is 290 g/mol. The molecule has 0 spiro atoms. The molecule has 2 nitrogen and oxygen atoms in total. The average molecular weight is 290 g/mol. The predicted octanol–water partition coefficient (Wildman–Crippen LogP) is 4.29. The highest BCUT2D eigenvalue weighted by Crippen LogP contribution is 2.33. The fourth-order valence-corrected chi connectivity index (χ4v) is 5.31. The SMILES string of the molecule is C(CCOC1CCCCO1)CCC1SCCCS1. The van der Waals surface area contributed by atoms with Crippen LogP contribution in [-0.4, -0.2) is 35.6 Å². The Kier molecular flexibility index (Phi) is 7.94. The van der Waals surface area contributed by atoms with Gasteiger partial charge in [-0.15, -0.1) is 23.5 Å². The van der Waals surface area contributed by atoms with E-state index in [9.17, 15) is 0 Å². The number of unbranched alkanes of at least 4 members (excludes halogenated alkanes) is 2. The third-order valence-electron chi connectivity index (χ3n) is 3.42. The van der Waals surface area contributed by atoms with Crippen LogP contribution in [0.4, 0.5) is 0 Å². The second-order valence-corrected chi connectivity index (χ2v) is 7.96. The Morgan fingerprint density at radius 1 is 1.00 bits per heavy atom. The predicted molar refractivity (Wildman–Crippen MR) is 81.3 cm³/mol. The second-order valence-electron chi connectivity index (χ2n) is 5.04. The Hall–Kier alpha value is 0.620. The summed E-state index contributed by atoms with van der Waals surface area (Å²) in [6.45, 7) is 1.77. The third kappa shape index (κ3) is 6.18. The van der Waals surface area contributed by atoms with Crippen LogP contribution < -0.4 is 0 Å². The van der Waals surface area contributed by atoms with Gasteiger partial charge >= 0.3 is 0 Å². The summed E-state index contributed by atoms with van der Waals surface area (Å²) in [5.74, 6) is 2.75. The van der Waals surface area contributed by atoms with Gasteiger partial charge < -0.3 is 9.47 Å². The Labute approximate surface area is 120 Å².